The first-order valence-electron chi connectivity index (χ1n) is 5.89. The predicted octanol–water partition coefficient (Wildman–Crippen LogP) is 1.22. The van der Waals surface area contributed by atoms with Crippen LogP contribution in [0.2, 0.25) is 0 Å². The third kappa shape index (κ3) is 4.31. The van der Waals surface area contributed by atoms with Gasteiger partial charge >= 0.3 is 0 Å². The molecule has 0 aliphatic rings. The second-order valence-corrected chi connectivity index (χ2v) is 5.19. The van der Waals surface area contributed by atoms with Crippen LogP contribution in [0.1, 0.15) is 43.4 Å². The quantitative estimate of drug-likeness (QED) is 0.811. The predicted molar refractivity (Wildman–Crippen MR) is 75.2 cm³/mol. The van der Waals surface area contributed by atoms with Crippen LogP contribution in [0.15, 0.2) is 6.07 Å². The summed E-state index contributed by atoms with van der Waals surface area (Å²) in [5, 5.41) is 7.19. The molecule has 0 atom stereocenters. The van der Waals surface area contributed by atoms with Crippen molar-refractivity contribution in [1.82, 2.24) is 15.1 Å². The Morgan fingerprint density at radius 1 is 1.50 bits per heavy atom. The Bertz CT molecular complexity index is 395. The number of carbonyl (C=O) groups is 1. The van der Waals surface area contributed by atoms with Gasteiger partial charge in [-0.2, -0.15) is 5.10 Å². The SMILES string of the molecule is Cl.Cn1nc(C(C)(C)C)cc1C(=O)NCCCN. The van der Waals surface area contributed by atoms with E-state index < -0.39 is 0 Å². The van der Waals surface area contributed by atoms with Crippen LogP contribution in [0.3, 0.4) is 0 Å². The highest BCUT2D eigenvalue weighted by Gasteiger charge is 2.21. The van der Waals surface area contributed by atoms with Gasteiger partial charge in [-0.3, -0.25) is 9.48 Å². The summed E-state index contributed by atoms with van der Waals surface area (Å²) >= 11 is 0. The first kappa shape index (κ1) is 16.9. The minimum Gasteiger partial charge on any atom is -0.351 e. The summed E-state index contributed by atoms with van der Waals surface area (Å²) in [6.07, 6.45) is 0.787. The summed E-state index contributed by atoms with van der Waals surface area (Å²) in [6.45, 7) is 7.41. The van der Waals surface area contributed by atoms with Crippen LogP contribution in [0.4, 0.5) is 0 Å². The maximum atomic E-state index is 11.9. The van der Waals surface area contributed by atoms with E-state index in [4.69, 9.17) is 5.73 Å². The molecule has 3 N–H and O–H groups in total. The molecule has 0 aliphatic heterocycles. The van der Waals surface area contributed by atoms with Crippen molar-refractivity contribution < 1.29 is 4.79 Å². The van der Waals surface area contributed by atoms with Gasteiger partial charge in [-0.05, 0) is 19.0 Å². The summed E-state index contributed by atoms with van der Waals surface area (Å²) in [4.78, 5) is 11.9. The lowest BCUT2D eigenvalue weighted by atomic mass is 9.92. The van der Waals surface area contributed by atoms with Gasteiger partial charge in [-0.1, -0.05) is 20.8 Å². The van der Waals surface area contributed by atoms with E-state index in [-0.39, 0.29) is 23.7 Å². The topological polar surface area (TPSA) is 72.9 Å². The second-order valence-electron chi connectivity index (χ2n) is 5.19. The Labute approximate surface area is 115 Å². The van der Waals surface area contributed by atoms with Crippen molar-refractivity contribution in [2.45, 2.75) is 32.6 Å². The van der Waals surface area contributed by atoms with Crippen LogP contribution in [-0.4, -0.2) is 28.8 Å². The molecule has 1 heterocycles. The lowest BCUT2D eigenvalue weighted by Crippen LogP contribution is -2.27. The molecule has 1 amide bonds. The highest BCUT2D eigenvalue weighted by Crippen LogP contribution is 2.21. The molecule has 0 bridgehead atoms. The average molecular weight is 275 g/mol. The van der Waals surface area contributed by atoms with Crippen LogP contribution in [-0.2, 0) is 12.5 Å². The van der Waals surface area contributed by atoms with E-state index >= 15 is 0 Å². The van der Waals surface area contributed by atoms with Crippen molar-refractivity contribution in [2.75, 3.05) is 13.1 Å². The molecule has 1 rings (SSSR count). The van der Waals surface area contributed by atoms with Gasteiger partial charge in [0.2, 0.25) is 0 Å². The van der Waals surface area contributed by atoms with Gasteiger partial charge in [-0.15, -0.1) is 12.4 Å². The van der Waals surface area contributed by atoms with Gasteiger partial charge in [0.15, 0.2) is 0 Å². The van der Waals surface area contributed by atoms with Crippen molar-refractivity contribution in [1.29, 1.82) is 0 Å². The lowest BCUT2D eigenvalue weighted by Gasteiger charge is -2.13. The van der Waals surface area contributed by atoms with Crippen LogP contribution in [0.25, 0.3) is 0 Å². The molecule has 0 unspecified atom stereocenters. The van der Waals surface area contributed by atoms with E-state index in [0.29, 0.717) is 18.8 Å². The number of rotatable bonds is 4. The molecule has 0 aliphatic carbocycles. The summed E-state index contributed by atoms with van der Waals surface area (Å²) in [5.74, 6) is -0.0936. The van der Waals surface area contributed by atoms with Crippen LogP contribution in [0, 0.1) is 0 Å². The maximum Gasteiger partial charge on any atom is 0.269 e. The van der Waals surface area contributed by atoms with Crippen molar-refractivity contribution in [2.24, 2.45) is 12.8 Å². The number of aryl methyl sites for hydroxylation is 1. The monoisotopic (exact) mass is 274 g/mol. The fourth-order valence-electron chi connectivity index (χ4n) is 1.44. The Hall–Kier alpha value is -1.07. The molecule has 1 aromatic rings. The molecule has 0 spiro atoms. The second kappa shape index (κ2) is 6.75. The molecule has 0 saturated carbocycles. The fourth-order valence-corrected chi connectivity index (χ4v) is 1.44. The Balaban J connectivity index is 0.00000289. The summed E-state index contributed by atoms with van der Waals surface area (Å²) in [5.41, 5.74) is 6.84. The maximum absolute atomic E-state index is 11.9. The number of hydrogen-bond acceptors (Lipinski definition) is 3. The number of nitrogens with one attached hydrogen (secondary N) is 1. The minimum absolute atomic E-state index is 0. The average Bonchev–Trinajstić information content (AvgIpc) is 2.60. The molecule has 0 saturated heterocycles. The number of amides is 1. The molecule has 1 aromatic heterocycles. The molecule has 104 valence electrons. The Morgan fingerprint density at radius 3 is 2.56 bits per heavy atom. The zero-order valence-corrected chi connectivity index (χ0v) is 12.3. The largest absolute Gasteiger partial charge is 0.351 e. The third-order valence-electron chi connectivity index (χ3n) is 2.55. The first-order chi connectivity index (χ1) is 7.86. The zero-order valence-electron chi connectivity index (χ0n) is 11.5. The van der Waals surface area contributed by atoms with E-state index in [1.165, 1.54) is 0 Å². The molecule has 18 heavy (non-hydrogen) atoms. The molecule has 0 radical (unpaired) electrons. The van der Waals surface area contributed by atoms with Gasteiger partial charge in [0.25, 0.3) is 5.91 Å². The zero-order chi connectivity index (χ0) is 13.1. The smallest absolute Gasteiger partial charge is 0.269 e. The standard InChI is InChI=1S/C12H22N4O.ClH/c1-12(2,3)10-8-9(16(4)15-10)11(17)14-7-5-6-13;/h8H,5-7,13H2,1-4H3,(H,14,17);1H. The first-order valence-corrected chi connectivity index (χ1v) is 5.89. The van der Waals surface area contributed by atoms with E-state index in [9.17, 15) is 4.79 Å². The number of carbonyl (C=O) groups excluding carboxylic acids is 1. The number of hydrogen-bond donors (Lipinski definition) is 2. The highest BCUT2D eigenvalue weighted by molar-refractivity contribution is 5.92. The third-order valence-corrected chi connectivity index (χ3v) is 2.55. The van der Waals surface area contributed by atoms with E-state index in [2.05, 4.69) is 31.2 Å². The summed E-state index contributed by atoms with van der Waals surface area (Å²) < 4.78 is 1.62. The van der Waals surface area contributed by atoms with Crippen LogP contribution in [0.5, 0.6) is 0 Å². The Morgan fingerprint density at radius 2 is 2.11 bits per heavy atom. The van der Waals surface area contributed by atoms with E-state index in [1.54, 1.807) is 11.7 Å². The lowest BCUT2D eigenvalue weighted by molar-refractivity contribution is 0.0944. The van der Waals surface area contributed by atoms with E-state index in [1.807, 2.05) is 6.07 Å². The van der Waals surface area contributed by atoms with Crippen molar-refractivity contribution in [3.05, 3.63) is 17.5 Å². The van der Waals surface area contributed by atoms with Crippen LogP contribution >= 0.6 is 12.4 Å². The van der Waals surface area contributed by atoms with Gasteiger partial charge in [0, 0.05) is 19.0 Å². The summed E-state index contributed by atoms with van der Waals surface area (Å²) in [7, 11) is 1.78. The van der Waals surface area contributed by atoms with Gasteiger partial charge < -0.3 is 11.1 Å². The number of aromatic nitrogens is 2. The van der Waals surface area contributed by atoms with Crippen molar-refractivity contribution in [3.63, 3.8) is 0 Å². The van der Waals surface area contributed by atoms with Gasteiger partial charge in [-0.25, -0.2) is 0 Å². The number of nitrogens with two attached hydrogens (primary N) is 1. The summed E-state index contributed by atoms with van der Waals surface area (Å²) in [6, 6.07) is 1.85. The van der Waals surface area contributed by atoms with Gasteiger partial charge in [0.05, 0.1) is 5.69 Å². The Kier molecular flexibility index (Phi) is 6.35. The van der Waals surface area contributed by atoms with Crippen molar-refractivity contribution in [3.8, 4) is 0 Å². The van der Waals surface area contributed by atoms with Gasteiger partial charge in [0.1, 0.15) is 5.69 Å². The normalized spacial score (nSPS) is 10.9. The molecule has 5 nitrogen and oxygen atoms in total. The number of nitrogens with zero attached hydrogens (tertiary/aromatic N) is 2. The fraction of sp³-hybridized carbons (Fsp3) is 0.667. The molecule has 6 heteroatoms. The van der Waals surface area contributed by atoms with Crippen LogP contribution < -0.4 is 11.1 Å². The molecule has 0 fully saturated rings. The molecular formula is C12H23ClN4O. The molecule has 0 aromatic carbocycles. The van der Waals surface area contributed by atoms with Crippen molar-refractivity contribution >= 4 is 18.3 Å². The van der Waals surface area contributed by atoms with E-state index in [0.717, 1.165) is 12.1 Å². The molecular weight excluding hydrogens is 252 g/mol. The minimum atomic E-state index is -0.0936. The number of halogens is 1. The highest BCUT2D eigenvalue weighted by atomic mass is 35.5.